The van der Waals surface area contributed by atoms with E-state index in [-0.39, 0.29) is 30.0 Å². The Hall–Kier alpha value is -3.74. The molecule has 3 aromatic rings. The minimum absolute atomic E-state index is 0.0165. The summed E-state index contributed by atoms with van der Waals surface area (Å²) in [5.74, 6) is -2.79. The zero-order valence-electron chi connectivity index (χ0n) is 22.0. The van der Waals surface area contributed by atoms with Gasteiger partial charge < -0.3 is 25.0 Å². The van der Waals surface area contributed by atoms with Crippen LogP contribution >= 0.6 is 0 Å². The summed E-state index contributed by atoms with van der Waals surface area (Å²) < 4.78 is 46.8. The van der Waals surface area contributed by atoms with Crippen molar-refractivity contribution in [2.45, 2.75) is 50.6 Å². The van der Waals surface area contributed by atoms with Gasteiger partial charge in [-0.2, -0.15) is 4.98 Å². The lowest BCUT2D eigenvalue weighted by molar-refractivity contribution is 0.0707. The summed E-state index contributed by atoms with van der Waals surface area (Å²) in [6.07, 6.45) is 4.40. The van der Waals surface area contributed by atoms with Crippen LogP contribution in [-0.2, 0) is 0 Å². The molecule has 2 N–H and O–H groups in total. The fourth-order valence-corrected chi connectivity index (χ4v) is 5.14. The molecular formula is C26H31F3N8O2. The number of hydrogen-bond acceptors (Lipinski definition) is 9. The van der Waals surface area contributed by atoms with E-state index in [1.807, 2.05) is 18.7 Å². The van der Waals surface area contributed by atoms with Crippen molar-refractivity contribution < 1.29 is 22.5 Å². The van der Waals surface area contributed by atoms with Crippen LogP contribution in [0.2, 0.25) is 0 Å². The fraction of sp³-hybridized carbons (Fsp3) is 0.500. The Morgan fingerprint density at radius 1 is 1.05 bits per heavy atom. The highest BCUT2D eigenvalue weighted by Gasteiger charge is 2.35. The van der Waals surface area contributed by atoms with E-state index in [4.69, 9.17) is 10.3 Å². The lowest BCUT2D eigenvalue weighted by atomic mass is 9.94. The van der Waals surface area contributed by atoms with Gasteiger partial charge in [-0.15, -0.1) is 0 Å². The number of halogens is 3. The first-order chi connectivity index (χ1) is 18.6. The second-order valence-corrected chi connectivity index (χ2v) is 10.5. The van der Waals surface area contributed by atoms with E-state index in [2.05, 4.69) is 20.1 Å². The summed E-state index contributed by atoms with van der Waals surface area (Å²) in [7, 11) is 1.76. The summed E-state index contributed by atoms with van der Waals surface area (Å²) in [5.41, 5.74) is 6.56. The Morgan fingerprint density at radius 2 is 1.72 bits per heavy atom. The van der Waals surface area contributed by atoms with Crippen LogP contribution in [0.5, 0.6) is 0 Å². The lowest BCUT2D eigenvalue weighted by Crippen LogP contribution is -2.45. The molecule has 2 aliphatic heterocycles. The summed E-state index contributed by atoms with van der Waals surface area (Å²) in [6, 6.07) is 1.39. The number of anilines is 2. The Morgan fingerprint density at radius 3 is 2.36 bits per heavy atom. The van der Waals surface area contributed by atoms with Gasteiger partial charge in [0.25, 0.3) is 5.91 Å². The van der Waals surface area contributed by atoms with Crippen LogP contribution in [-0.4, -0.2) is 76.2 Å². The molecule has 2 aliphatic rings. The number of piperidine rings is 1. The van der Waals surface area contributed by atoms with Crippen molar-refractivity contribution in [3.05, 3.63) is 58.9 Å². The number of nitrogens with two attached hydrogens (primary N) is 1. The molecule has 0 bridgehead atoms. The maximum absolute atomic E-state index is 14.3. The van der Waals surface area contributed by atoms with Crippen LogP contribution in [0.3, 0.4) is 0 Å². The topological polar surface area (TPSA) is 118 Å². The normalized spacial score (nSPS) is 20.2. The largest absolute Gasteiger partial charge is 0.339 e. The molecule has 2 atom stereocenters. The number of aromatic nitrogens is 4. The van der Waals surface area contributed by atoms with E-state index in [1.165, 1.54) is 12.4 Å². The quantitative estimate of drug-likeness (QED) is 0.467. The van der Waals surface area contributed by atoms with Gasteiger partial charge in [0, 0.05) is 75.6 Å². The van der Waals surface area contributed by atoms with E-state index in [1.54, 1.807) is 16.8 Å². The Labute approximate surface area is 224 Å². The van der Waals surface area contributed by atoms with Gasteiger partial charge >= 0.3 is 6.01 Å². The van der Waals surface area contributed by atoms with Crippen LogP contribution < -0.4 is 15.5 Å². The molecule has 10 nitrogen and oxygen atoms in total. The SMILES string of the molecule is CC(C)c1noc(N2CCC(N(C)C(=O)c3cnc(N4C[C@H](c5cc(F)c(F)cc5F)[C@@H](N)C4)nc3)CC2)n1. The number of rotatable bonds is 6. The van der Waals surface area contributed by atoms with Gasteiger partial charge in [-0.3, -0.25) is 4.79 Å². The second-order valence-electron chi connectivity index (χ2n) is 10.5. The highest BCUT2D eigenvalue weighted by molar-refractivity contribution is 5.93. The zero-order valence-corrected chi connectivity index (χ0v) is 22.0. The van der Waals surface area contributed by atoms with Crippen LogP contribution in [0, 0.1) is 17.5 Å². The fourth-order valence-electron chi connectivity index (χ4n) is 5.14. The van der Waals surface area contributed by atoms with Crippen molar-refractivity contribution in [3.8, 4) is 0 Å². The molecule has 13 heteroatoms. The van der Waals surface area contributed by atoms with Gasteiger partial charge in [-0.1, -0.05) is 19.0 Å². The molecule has 0 spiro atoms. The van der Waals surface area contributed by atoms with Crippen LogP contribution in [0.4, 0.5) is 25.1 Å². The molecule has 208 valence electrons. The van der Waals surface area contributed by atoms with E-state index in [0.29, 0.717) is 49.1 Å². The summed E-state index contributed by atoms with van der Waals surface area (Å²) in [5, 5.41) is 4.02. The lowest BCUT2D eigenvalue weighted by Gasteiger charge is -2.35. The van der Waals surface area contributed by atoms with Crippen molar-refractivity contribution in [1.82, 2.24) is 25.0 Å². The van der Waals surface area contributed by atoms with Crippen LogP contribution in [0.15, 0.2) is 29.0 Å². The molecule has 2 saturated heterocycles. The number of carbonyl (C=O) groups excluding carboxylic acids is 1. The minimum atomic E-state index is -1.24. The highest BCUT2D eigenvalue weighted by Crippen LogP contribution is 2.31. The summed E-state index contributed by atoms with van der Waals surface area (Å²) in [4.78, 5) is 31.8. The summed E-state index contributed by atoms with van der Waals surface area (Å²) >= 11 is 0. The second kappa shape index (κ2) is 10.8. The third-order valence-electron chi connectivity index (χ3n) is 7.52. The first-order valence-electron chi connectivity index (χ1n) is 12.9. The predicted octanol–water partition coefficient (Wildman–Crippen LogP) is 3.07. The summed E-state index contributed by atoms with van der Waals surface area (Å²) in [6.45, 7) is 5.91. The third kappa shape index (κ3) is 5.40. The van der Waals surface area contributed by atoms with E-state index in [9.17, 15) is 18.0 Å². The Kier molecular flexibility index (Phi) is 7.43. The van der Waals surface area contributed by atoms with Gasteiger partial charge in [0.15, 0.2) is 17.5 Å². The van der Waals surface area contributed by atoms with Crippen molar-refractivity contribution >= 4 is 17.9 Å². The van der Waals surface area contributed by atoms with Gasteiger partial charge in [-0.25, -0.2) is 23.1 Å². The molecule has 0 unspecified atom stereocenters. The van der Waals surface area contributed by atoms with E-state index in [0.717, 1.165) is 18.9 Å². The zero-order chi connectivity index (χ0) is 27.8. The van der Waals surface area contributed by atoms with Crippen molar-refractivity contribution in [2.24, 2.45) is 5.73 Å². The number of benzene rings is 1. The molecule has 4 heterocycles. The number of hydrogen-bond donors (Lipinski definition) is 1. The molecule has 2 fully saturated rings. The van der Waals surface area contributed by atoms with Crippen LogP contribution in [0.25, 0.3) is 0 Å². The van der Waals surface area contributed by atoms with Crippen molar-refractivity contribution in [2.75, 3.05) is 43.0 Å². The third-order valence-corrected chi connectivity index (χ3v) is 7.52. The van der Waals surface area contributed by atoms with Crippen molar-refractivity contribution in [3.63, 3.8) is 0 Å². The molecule has 2 aromatic heterocycles. The Balaban J connectivity index is 1.19. The van der Waals surface area contributed by atoms with Gasteiger partial charge in [0.1, 0.15) is 5.82 Å². The monoisotopic (exact) mass is 544 g/mol. The molecule has 0 aliphatic carbocycles. The van der Waals surface area contributed by atoms with E-state index >= 15 is 0 Å². The van der Waals surface area contributed by atoms with Gasteiger partial charge in [0.05, 0.1) is 5.56 Å². The maximum atomic E-state index is 14.3. The van der Waals surface area contributed by atoms with Gasteiger partial charge in [-0.05, 0) is 24.5 Å². The van der Waals surface area contributed by atoms with E-state index < -0.39 is 29.4 Å². The van der Waals surface area contributed by atoms with Gasteiger partial charge in [0.2, 0.25) is 5.95 Å². The van der Waals surface area contributed by atoms with Crippen LogP contribution in [0.1, 0.15) is 60.3 Å². The smallest absolute Gasteiger partial charge is 0.324 e. The number of nitrogens with zero attached hydrogens (tertiary/aromatic N) is 7. The average molecular weight is 545 g/mol. The highest BCUT2D eigenvalue weighted by atomic mass is 19.2. The number of carbonyl (C=O) groups is 1. The molecule has 39 heavy (non-hydrogen) atoms. The van der Waals surface area contributed by atoms with Crippen molar-refractivity contribution in [1.29, 1.82) is 0 Å². The molecule has 1 aromatic carbocycles. The standard InChI is InChI=1S/C26H31F3N8O2/c1-14(2)23-33-26(39-34-23)36-6-4-16(5-7-36)35(3)24(38)15-10-31-25(32-11-15)37-12-18(22(30)13-37)17-8-20(28)21(29)9-19(17)27/h8-11,14,16,18,22H,4-7,12-13,30H2,1-3H3/t18-,22+/m1/s1. The Bertz CT molecular complexity index is 1330. The average Bonchev–Trinajstić information content (AvgIpc) is 3.58. The first kappa shape index (κ1) is 26.9. The molecular weight excluding hydrogens is 513 g/mol. The first-order valence-corrected chi connectivity index (χ1v) is 12.9. The minimum Gasteiger partial charge on any atom is -0.339 e. The number of amides is 1. The molecule has 1 amide bonds. The molecule has 5 rings (SSSR count). The maximum Gasteiger partial charge on any atom is 0.324 e. The molecule has 0 saturated carbocycles. The molecule has 0 radical (unpaired) electrons. The predicted molar refractivity (Wildman–Crippen MR) is 137 cm³/mol.